The van der Waals surface area contributed by atoms with Gasteiger partial charge in [0.1, 0.15) is 0 Å². The largest absolute Gasteiger partial charge is 0.476 e. The highest BCUT2D eigenvalue weighted by atomic mass is 19.4. The minimum atomic E-state index is -4.64. The number of hydrogen-bond acceptors (Lipinski definition) is 4. The highest BCUT2D eigenvalue weighted by Gasteiger charge is 2.34. The van der Waals surface area contributed by atoms with Crippen LogP contribution < -0.4 is 5.73 Å². The molecule has 6 nitrogen and oxygen atoms in total. The molecule has 0 aliphatic carbocycles. The topological polar surface area (TPSA) is 94.0 Å². The third kappa shape index (κ3) is 2.49. The molecule has 1 aromatic carbocycles. The summed E-state index contributed by atoms with van der Waals surface area (Å²) in [5, 5.41) is 15.3. The Morgan fingerprint density at radius 2 is 2.05 bits per heavy atom. The van der Waals surface area contributed by atoms with Crippen LogP contribution in [0.15, 0.2) is 24.4 Å². The van der Waals surface area contributed by atoms with Crippen molar-refractivity contribution in [3.63, 3.8) is 0 Å². The van der Waals surface area contributed by atoms with Gasteiger partial charge in [-0.1, -0.05) is 5.21 Å². The molecule has 9 heteroatoms. The molecule has 100 valence electrons. The van der Waals surface area contributed by atoms with Crippen molar-refractivity contribution in [2.75, 3.05) is 5.73 Å². The maximum Gasteiger partial charge on any atom is 0.418 e. The number of aromatic carboxylic acids is 1. The van der Waals surface area contributed by atoms with E-state index in [9.17, 15) is 18.0 Å². The van der Waals surface area contributed by atoms with Crippen LogP contribution >= 0.6 is 0 Å². The number of carbonyl (C=O) groups is 1. The lowest BCUT2D eigenvalue weighted by molar-refractivity contribution is -0.137. The smallest absolute Gasteiger partial charge is 0.418 e. The molecule has 1 aromatic heterocycles. The molecule has 0 radical (unpaired) electrons. The first-order valence-corrected chi connectivity index (χ1v) is 4.92. The summed E-state index contributed by atoms with van der Waals surface area (Å²) in [5.74, 6) is -1.38. The van der Waals surface area contributed by atoms with Gasteiger partial charge in [-0.15, -0.1) is 5.10 Å². The predicted molar refractivity (Wildman–Crippen MR) is 57.7 cm³/mol. The summed E-state index contributed by atoms with van der Waals surface area (Å²) in [6, 6.07) is 3.10. The Morgan fingerprint density at radius 3 is 2.58 bits per heavy atom. The highest BCUT2D eigenvalue weighted by Crippen LogP contribution is 2.34. The molecule has 2 rings (SSSR count). The van der Waals surface area contributed by atoms with Crippen LogP contribution in [0.2, 0.25) is 0 Å². The minimum absolute atomic E-state index is 0.0605. The van der Waals surface area contributed by atoms with Crippen LogP contribution in [0.3, 0.4) is 0 Å². The fourth-order valence-corrected chi connectivity index (χ4v) is 1.46. The number of carboxylic acid groups (broad SMARTS) is 1. The van der Waals surface area contributed by atoms with Crippen molar-refractivity contribution in [3.8, 4) is 5.69 Å². The van der Waals surface area contributed by atoms with Crippen molar-refractivity contribution in [2.24, 2.45) is 0 Å². The second-order valence-corrected chi connectivity index (χ2v) is 3.63. The fourth-order valence-electron chi connectivity index (χ4n) is 1.46. The number of hydrogen-bond donors (Lipinski definition) is 2. The summed E-state index contributed by atoms with van der Waals surface area (Å²) in [5.41, 5.74) is 3.44. The van der Waals surface area contributed by atoms with Gasteiger partial charge in [-0.05, 0) is 18.2 Å². The molecular formula is C10H7F3N4O2. The Hall–Kier alpha value is -2.58. The van der Waals surface area contributed by atoms with Crippen molar-refractivity contribution in [1.29, 1.82) is 0 Å². The maximum absolute atomic E-state index is 12.8. The Bertz CT molecular complexity index is 636. The number of nitrogens with two attached hydrogens (primary N) is 1. The SMILES string of the molecule is Nc1ccc(-n2cc(C(=O)O)nn2)c(C(F)(F)F)c1. The van der Waals surface area contributed by atoms with E-state index >= 15 is 0 Å². The van der Waals surface area contributed by atoms with Crippen LogP contribution in [0.25, 0.3) is 5.69 Å². The Labute approximate surface area is 104 Å². The highest BCUT2D eigenvalue weighted by molar-refractivity contribution is 5.84. The molecular weight excluding hydrogens is 265 g/mol. The first kappa shape index (κ1) is 12.9. The molecule has 3 N–H and O–H groups in total. The molecule has 0 fully saturated rings. The summed E-state index contributed by atoms with van der Waals surface area (Å²) in [4.78, 5) is 10.6. The quantitative estimate of drug-likeness (QED) is 0.809. The molecule has 19 heavy (non-hydrogen) atoms. The first-order valence-electron chi connectivity index (χ1n) is 4.92. The Kier molecular flexibility index (Phi) is 2.89. The lowest BCUT2D eigenvalue weighted by Gasteiger charge is -2.12. The van der Waals surface area contributed by atoms with E-state index in [0.29, 0.717) is 0 Å². The van der Waals surface area contributed by atoms with E-state index in [0.717, 1.165) is 23.0 Å². The normalized spacial score (nSPS) is 11.5. The Morgan fingerprint density at radius 1 is 1.37 bits per heavy atom. The summed E-state index contributed by atoms with van der Waals surface area (Å²) in [6.07, 6.45) is -3.75. The number of anilines is 1. The Balaban J connectivity index is 2.58. The number of nitrogen functional groups attached to an aromatic ring is 1. The van der Waals surface area contributed by atoms with Gasteiger partial charge in [-0.3, -0.25) is 0 Å². The minimum Gasteiger partial charge on any atom is -0.476 e. The van der Waals surface area contributed by atoms with Crippen LogP contribution in [-0.2, 0) is 6.18 Å². The van der Waals surface area contributed by atoms with Crippen LogP contribution in [0.5, 0.6) is 0 Å². The van der Waals surface area contributed by atoms with Crippen molar-refractivity contribution in [2.45, 2.75) is 6.18 Å². The summed E-state index contributed by atoms with van der Waals surface area (Å²) >= 11 is 0. The molecule has 0 aliphatic heterocycles. The number of rotatable bonds is 2. The van der Waals surface area contributed by atoms with E-state index in [4.69, 9.17) is 10.8 Å². The molecule has 0 aliphatic rings. The molecule has 0 unspecified atom stereocenters. The first-order chi connectivity index (χ1) is 8.79. The van der Waals surface area contributed by atoms with Gasteiger partial charge in [0, 0.05) is 5.69 Å². The van der Waals surface area contributed by atoms with Gasteiger partial charge < -0.3 is 10.8 Å². The molecule has 0 saturated carbocycles. The van der Waals surface area contributed by atoms with Gasteiger partial charge in [0.05, 0.1) is 17.4 Å². The van der Waals surface area contributed by atoms with Gasteiger partial charge in [0.25, 0.3) is 0 Å². The van der Waals surface area contributed by atoms with E-state index in [1.165, 1.54) is 6.07 Å². The molecule has 2 aromatic rings. The van der Waals surface area contributed by atoms with Crippen molar-refractivity contribution >= 4 is 11.7 Å². The van der Waals surface area contributed by atoms with E-state index < -0.39 is 23.4 Å². The molecule has 0 spiro atoms. The number of nitrogens with zero attached hydrogens (tertiary/aromatic N) is 3. The maximum atomic E-state index is 12.8. The number of halogens is 3. The average molecular weight is 272 g/mol. The lowest BCUT2D eigenvalue weighted by Crippen LogP contribution is -2.12. The van der Waals surface area contributed by atoms with Gasteiger partial charge in [0.2, 0.25) is 0 Å². The van der Waals surface area contributed by atoms with Gasteiger partial charge >= 0.3 is 12.1 Å². The van der Waals surface area contributed by atoms with Gasteiger partial charge in [-0.2, -0.15) is 13.2 Å². The van der Waals surface area contributed by atoms with E-state index in [2.05, 4.69) is 10.3 Å². The predicted octanol–water partition coefficient (Wildman–Crippen LogP) is 1.57. The van der Waals surface area contributed by atoms with Gasteiger partial charge in [0.15, 0.2) is 5.69 Å². The summed E-state index contributed by atoms with van der Waals surface area (Å²) < 4.78 is 39.3. The third-order valence-corrected chi connectivity index (χ3v) is 2.29. The average Bonchev–Trinajstić information content (AvgIpc) is 2.77. The summed E-state index contributed by atoms with van der Waals surface area (Å²) in [6.45, 7) is 0. The zero-order valence-corrected chi connectivity index (χ0v) is 9.22. The van der Waals surface area contributed by atoms with Gasteiger partial charge in [-0.25, -0.2) is 9.48 Å². The van der Waals surface area contributed by atoms with Crippen LogP contribution in [0.4, 0.5) is 18.9 Å². The number of carboxylic acids is 1. The van der Waals surface area contributed by atoms with Crippen molar-refractivity contribution < 1.29 is 23.1 Å². The summed E-state index contributed by atoms with van der Waals surface area (Å²) in [7, 11) is 0. The standard InChI is InChI=1S/C10H7F3N4O2/c11-10(12,13)6-3-5(14)1-2-8(6)17-4-7(9(18)19)15-16-17/h1-4H,14H2,(H,18,19). The zero-order chi connectivity index (χ0) is 14.2. The molecule has 0 bridgehead atoms. The van der Waals surface area contributed by atoms with Crippen LogP contribution in [-0.4, -0.2) is 26.1 Å². The van der Waals surface area contributed by atoms with E-state index in [-0.39, 0.29) is 11.4 Å². The molecule has 0 atom stereocenters. The number of aromatic nitrogens is 3. The molecule has 0 amide bonds. The van der Waals surface area contributed by atoms with E-state index in [1.54, 1.807) is 0 Å². The fraction of sp³-hybridized carbons (Fsp3) is 0.100. The van der Waals surface area contributed by atoms with Crippen molar-refractivity contribution in [1.82, 2.24) is 15.0 Å². The van der Waals surface area contributed by atoms with Crippen LogP contribution in [0.1, 0.15) is 16.1 Å². The lowest BCUT2D eigenvalue weighted by atomic mass is 10.1. The number of benzene rings is 1. The molecule has 0 saturated heterocycles. The monoisotopic (exact) mass is 272 g/mol. The second kappa shape index (κ2) is 4.26. The van der Waals surface area contributed by atoms with Crippen molar-refractivity contribution in [3.05, 3.63) is 35.7 Å². The van der Waals surface area contributed by atoms with Crippen LogP contribution in [0, 0.1) is 0 Å². The third-order valence-electron chi connectivity index (χ3n) is 2.29. The molecule has 1 heterocycles. The zero-order valence-electron chi connectivity index (χ0n) is 9.22. The van der Waals surface area contributed by atoms with E-state index in [1.807, 2.05) is 0 Å². The number of alkyl halides is 3. The second-order valence-electron chi connectivity index (χ2n) is 3.63.